The van der Waals surface area contributed by atoms with E-state index in [0.717, 1.165) is 42.8 Å². The van der Waals surface area contributed by atoms with Crippen LogP contribution in [0, 0.1) is 11.6 Å². The third-order valence-corrected chi connectivity index (χ3v) is 3.92. The van der Waals surface area contributed by atoms with Gasteiger partial charge in [0.1, 0.15) is 11.6 Å². The highest BCUT2D eigenvalue weighted by Crippen LogP contribution is 2.40. The highest BCUT2D eigenvalue weighted by Gasteiger charge is 2.26. The first-order valence-electron chi connectivity index (χ1n) is 6.52. The van der Waals surface area contributed by atoms with Crippen molar-refractivity contribution in [3.63, 3.8) is 0 Å². The summed E-state index contributed by atoms with van der Waals surface area (Å²) in [6.45, 7) is 0. The van der Waals surface area contributed by atoms with Crippen molar-refractivity contribution < 1.29 is 13.6 Å². The van der Waals surface area contributed by atoms with Crippen LogP contribution >= 0.6 is 11.3 Å². The molecule has 6 heteroatoms. The van der Waals surface area contributed by atoms with Gasteiger partial charge in [0, 0.05) is 22.9 Å². The fraction of sp³-hybridized carbons (Fsp3) is 0.200. The van der Waals surface area contributed by atoms with Gasteiger partial charge in [-0.15, -0.1) is 11.3 Å². The molecule has 1 heterocycles. The van der Waals surface area contributed by atoms with E-state index in [1.807, 2.05) is 5.38 Å². The second-order valence-corrected chi connectivity index (χ2v) is 5.67. The molecule has 1 aliphatic carbocycles. The molecule has 2 aromatic rings. The maximum atomic E-state index is 13.4. The minimum absolute atomic E-state index is 0.231. The summed E-state index contributed by atoms with van der Waals surface area (Å²) in [4.78, 5) is 16.0. The predicted octanol–water partition coefficient (Wildman–Crippen LogP) is 3.95. The van der Waals surface area contributed by atoms with E-state index in [2.05, 4.69) is 10.3 Å². The molecule has 1 aromatic heterocycles. The van der Waals surface area contributed by atoms with Crippen LogP contribution in [0.5, 0.6) is 0 Å². The molecular weight excluding hydrogens is 294 g/mol. The largest absolute Gasteiger partial charge is 0.298 e. The van der Waals surface area contributed by atoms with Gasteiger partial charge in [-0.25, -0.2) is 13.8 Å². The first-order chi connectivity index (χ1) is 10.1. The fourth-order valence-electron chi connectivity index (χ4n) is 1.89. The van der Waals surface area contributed by atoms with Gasteiger partial charge in [0.2, 0.25) is 5.91 Å². The summed E-state index contributed by atoms with van der Waals surface area (Å²) in [5.74, 6) is -1.35. The molecule has 0 atom stereocenters. The van der Waals surface area contributed by atoms with Crippen molar-refractivity contribution in [3.8, 4) is 0 Å². The summed E-state index contributed by atoms with van der Waals surface area (Å²) in [6, 6.07) is 3.56. The quantitative estimate of drug-likeness (QED) is 0.869. The maximum absolute atomic E-state index is 13.4. The van der Waals surface area contributed by atoms with Crippen molar-refractivity contribution >= 4 is 28.5 Å². The Hall–Kier alpha value is -2.08. The topological polar surface area (TPSA) is 42.0 Å². The molecule has 0 unspecified atom stereocenters. The van der Waals surface area contributed by atoms with E-state index in [1.54, 1.807) is 0 Å². The molecule has 108 valence electrons. The van der Waals surface area contributed by atoms with Crippen molar-refractivity contribution in [3.05, 3.63) is 52.5 Å². The minimum atomic E-state index is -0.704. The Morgan fingerprint density at radius 1 is 1.33 bits per heavy atom. The van der Waals surface area contributed by atoms with Gasteiger partial charge in [-0.1, -0.05) is 6.07 Å². The zero-order valence-electron chi connectivity index (χ0n) is 11.0. The number of carbonyl (C=O) groups excluding carboxylic acids is 1. The Bertz CT molecular complexity index is 687. The second-order valence-electron chi connectivity index (χ2n) is 4.81. The monoisotopic (exact) mass is 306 g/mol. The molecular formula is C15H12F2N2OS. The maximum Gasteiger partial charge on any atom is 0.250 e. The van der Waals surface area contributed by atoms with Crippen molar-refractivity contribution in [1.29, 1.82) is 0 Å². The highest BCUT2D eigenvalue weighted by molar-refractivity contribution is 7.14. The second kappa shape index (κ2) is 5.73. The Labute approximate surface area is 124 Å². The highest BCUT2D eigenvalue weighted by atomic mass is 32.1. The number of aromatic nitrogens is 1. The molecule has 0 bridgehead atoms. The van der Waals surface area contributed by atoms with E-state index in [9.17, 15) is 13.6 Å². The Kier molecular flexibility index (Phi) is 3.79. The van der Waals surface area contributed by atoms with Crippen LogP contribution in [0.15, 0.2) is 29.7 Å². The van der Waals surface area contributed by atoms with Crippen LogP contribution in [-0.4, -0.2) is 10.9 Å². The van der Waals surface area contributed by atoms with Crippen LogP contribution in [0.4, 0.5) is 13.9 Å². The van der Waals surface area contributed by atoms with E-state index >= 15 is 0 Å². The molecule has 0 saturated heterocycles. The molecule has 1 aromatic carbocycles. The van der Waals surface area contributed by atoms with Crippen LogP contribution in [0.25, 0.3) is 6.08 Å². The lowest BCUT2D eigenvalue weighted by Crippen LogP contribution is -2.07. The Morgan fingerprint density at radius 2 is 2.05 bits per heavy atom. The smallest absolute Gasteiger partial charge is 0.250 e. The van der Waals surface area contributed by atoms with E-state index in [1.165, 1.54) is 17.4 Å². The number of rotatable bonds is 4. The molecule has 0 aliphatic heterocycles. The number of hydrogen-bond donors (Lipinski definition) is 1. The van der Waals surface area contributed by atoms with E-state index in [0.29, 0.717) is 11.0 Å². The zero-order valence-corrected chi connectivity index (χ0v) is 11.8. The number of anilines is 1. The third kappa shape index (κ3) is 3.33. The minimum Gasteiger partial charge on any atom is -0.298 e. The van der Waals surface area contributed by atoms with Gasteiger partial charge in [-0.2, -0.15) is 0 Å². The van der Waals surface area contributed by atoms with Gasteiger partial charge in [0.05, 0.1) is 5.69 Å². The third-order valence-electron chi connectivity index (χ3n) is 3.15. The van der Waals surface area contributed by atoms with E-state index < -0.39 is 17.5 Å². The van der Waals surface area contributed by atoms with E-state index in [-0.39, 0.29) is 5.56 Å². The lowest BCUT2D eigenvalue weighted by atomic mass is 10.2. The molecule has 21 heavy (non-hydrogen) atoms. The van der Waals surface area contributed by atoms with Crippen LogP contribution in [0.2, 0.25) is 0 Å². The molecule has 0 radical (unpaired) electrons. The van der Waals surface area contributed by atoms with E-state index in [4.69, 9.17) is 0 Å². The van der Waals surface area contributed by atoms with Gasteiger partial charge in [0.15, 0.2) is 5.13 Å². The zero-order chi connectivity index (χ0) is 14.8. The van der Waals surface area contributed by atoms with Gasteiger partial charge >= 0.3 is 0 Å². The first-order valence-corrected chi connectivity index (χ1v) is 7.40. The summed E-state index contributed by atoms with van der Waals surface area (Å²) in [5.41, 5.74) is 0.768. The number of nitrogens with zero attached hydrogens (tertiary/aromatic N) is 1. The Morgan fingerprint density at radius 3 is 2.71 bits per heavy atom. The predicted molar refractivity (Wildman–Crippen MR) is 78.1 cm³/mol. The van der Waals surface area contributed by atoms with Crippen molar-refractivity contribution in [2.75, 3.05) is 5.32 Å². The number of hydrogen-bond acceptors (Lipinski definition) is 3. The number of benzene rings is 1. The van der Waals surface area contributed by atoms with Crippen molar-refractivity contribution in [2.45, 2.75) is 18.8 Å². The molecule has 3 rings (SSSR count). The lowest BCUT2D eigenvalue weighted by Gasteiger charge is -1.99. The summed E-state index contributed by atoms with van der Waals surface area (Å²) in [5, 5.41) is 5.02. The number of halogens is 2. The lowest BCUT2D eigenvalue weighted by molar-refractivity contribution is -0.111. The molecule has 1 N–H and O–H groups in total. The summed E-state index contributed by atoms with van der Waals surface area (Å²) in [6.07, 6.45) is 4.50. The van der Waals surface area contributed by atoms with Gasteiger partial charge < -0.3 is 0 Å². The van der Waals surface area contributed by atoms with Crippen LogP contribution in [0.1, 0.15) is 30.0 Å². The molecule has 1 fully saturated rings. The SMILES string of the molecule is O=C(C=Cc1c(F)cccc1F)Nc1nc(C2CC2)cs1. The summed E-state index contributed by atoms with van der Waals surface area (Å²) >= 11 is 1.35. The van der Waals surface area contributed by atoms with Gasteiger partial charge in [-0.05, 0) is 31.1 Å². The van der Waals surface area contributed by atoms with Gasteiger partial charge in [-0.3, -0.25) is 10.1 Å². The molecule has 1 saturated carbocycles. The normalized spacial score (nSPS) is 14.6. The average molecular weight is 306 g/mol. The Balaban J connectivity index is 1.66. The van der Waals surface area contributed by atoms with Crippen LogP contribution in [-0.2, 0) is 4.79 Å². The van der Waals surface area contributed by atoms with Gasteiger partial charge in [0.25, 0.3) is 0 Å². The summed E-state index contributed by atoms with van der Waals surface area (Å²) < 4.78 is 26.8. The molecule has 0 spiro atoms. The van der Waals surface area contributed by atoms with Crippen molar-refractivity contribution in [1.82, 2.24) is 4.98 Å². The average Bonchev–Trinajstić information content (AvgIpc) is 3.19. The molecule has 3 nitrogen and oxygen atoms in total. The standard InChI is InChI=1S/C15H12F2N2OS/c16-11-2-1-3-12(17)10(11)6-7-14(20)19-15-18-13(8-21-15)9-4-5-9/h1-3,6-9H,4-5H2,(H,18,19,20). The first kappa shape index (κ1) is 13.9. The number of thiazole rings is 1. The van der Waals surface area contributed by atoms with Crippen LogP contribution in [0.3, 0.4) is 0 Å². The summed E-state index contributed by atoms with van der Waals surface area (Å²) in [7, 11) is 0. The number of nitrogens with one attached hydrogen (secondary N) is 1. The van der Waals surface area contributed by atoms with Crippen LogP contribution < -0.4 is 5.32 Å². The molecule has 1 aliphatic rings. The van der Waals surface area contributed by atoms with Crippen molar-refractivity contribution in [2.24, 2.45) is 0 Å². The number of carbonyl (C=O) groups is 1. The fourth-order valence-corrected chi connectivity index (χ4v) is 2.68. The molecule has 1 amide bonds. The number of amides is 1.